The fourth-order valence-electron chi connectivity index (χ4n) is 1.50. The lowest BCUT2D eigenvalue weighted by Gasteiger charge is -2.16. The van der Waals surface area contributed by atoms with E-state index in [9.17, 15) is 17.6 Å². The molecule has 1 atom stereocenters. The van der Waals surface area contributed by atoms with Crippen molar-refractivity contribution in [3.05, 3.63) is 47.4 Å². The molecule has 0 aliphatic carbocycles. The highest BCUT2D eigenvalue weighted by atomic mass is 19.4. The van der Waals surface area contributed by atoms with Crippen molar-refractivity contribution in [1.82, 2.24) is 10.1 Å². The van der Waals surface area contributed by atoms with E-state index in [1.807, 2.05) is 0 Å². The van der Waals surface area contributed by atoms with Gasteiger partial charge in [-0.2, -0.15) is 18.2 Å². The molecule has 18 heavy (non-hydrogen) atoms. The summed E-state index contributed by atoms with van der Waals surface area (Å²) >= 11 is 0. The molecule has 1 heterocycles. The third kappa shape index (κ3) is 2.33. The average molecular weight is 261 g/mol. The monoisotopic (exact) mass is 261 g/mol. The van der Waals surface area contributed by atoms with Crippen LogP contribution in [-0.2, 0) is 6.18 Å². The number of halogens is 4. The standard InChI is InChI=1S/C10H7F4N3O/c11-5-1-2-6(7(3-5)10(12,13)14)8(15)9-16-4-18-17-9/h1-4,8H,15H2. The van der Waals surface area contributed by atoms with Crippen LogP contribution in [0.2, 0.25) is 0 Å². The van der Waals surface area contributed by atoms with Crippen molar-refractivity contribution in [1.29, 1.82) is 0 Å². The van der Waals surface area contributed by atoms with Crippen molar-refractivity contribution < 1.29 is 22.1 Å². The largest absolute Gasteiger partial charge is 0.416 e. The number of nitrogens with two attached hydrogens (primary N) is 1. The SMILES string of the molecule is NC(c1ncon1)c1ccc(F)cc1C(F)(F)F. The third-order valence-corrected chi connectivity index (χ3v) is 2.31. The first kappa shape index (κ1) is 12.5. The number of alkyl halides is 3. The van der Waals surface area contributed by atoms with Crippen LogP contribution in [0.25, 0.3) is 0 Å². The Kier molecular flexibility index (Phi) is 3.04. The Morgan fingerprint density at radius 2 is 2.00 bits per heavy atom. The van der Waals surface area contributed by atoms with E-state index in [-0.39, 0.29) is 11.4 Å². The molecule has 0 saturated carbocycles. The molecule has 2 aromatic rings. The Balaban J connectivity index is 2.51. The molecular formula is C10H7F4N3O. The molecule has 0 amide bonds. The summed E-state index contributed by atoms with van der Waals surface area (Å²) in [5.41, 5.74) is 4.13. The molecule has 0 aliphatic heterocycles. The van der Waals surface area contributed by atoms with Gasteiger partial charge in [0.05, 0.1) is 11.6 Å². The van der Waals surface area contributed by atoms with E-state index in [1.54, 1.807) is 0 Å². The van der Waals surface area contributed by atoms with Gasteiger partial charge in [0.15, 0.2) is 5.82 Å². The maximum absolute atomic E-state index is 12.9. The summed E-state index contributed by atoms with van der Waals surface area (Å²) in [4.78, 5) is 3.57. The Morgan fingerprint density at radius 3 is 2.56 bits per heavy atom. The van der Waals surface area contributed by atoms with E-state index in [0.29, 0.717) is 6.07 Å². The topological polar surface area (TPSA) is 64.9 Å². The first-order chi connectivity index (χ1) is 8.39. The zero-order valence-corrected chi connectivity index (χ0v) is 8.78. The van der Waals surface area contributed by atoms with E-state index < -0.39 is 23.6 Å². The van der Waals surface area contributed by atoms with Gasteiger partial charge < -0.3 is 10.3 Å². The van der Waals surface area contributed by atoms with Gasteiger partial charge in [0, 0.05) is 0 Å². The summed E-state index contributed by atoms with van der Waals surface area (Å²) in [5, 5.41) is 3.37. The molecule has 1 unspecified atom stereocenters. The highest BCUT2D eigenvalue weighted by Crippen LogP contribution is 2.35. The molecule has 0 fully saturated rings. The van der Waals surface area contributed by atoms with E-state index >= 15 is 0 Å². The maximum atomic E-state index is 12.9. The van der Waals surface area contributed by atoms with Gasteiger partial charge in [-0.3, -0.25) is 0 Å². The number of rotatable bonds is 2. The second-order valence-corrected chi connectivity index (χ2v) is 3.50. The summed E-state index contributed by atoms with van der Waals surface area (Å²) < 4.78 is 55.5. The summed E-state index contributed by atoms with van der Waals surface area (Å²) in [5.74, 6) is -1.10. The number of aromatic nitrogens is 2. The molecule has 2 N–H and O–H groups in total. The fraction of sp³-hybridized carbons (Fsp3) is 0.200. The Morgan fingerprint density at radius 1 is 1.28 bits per heavy atom. The highest BCUT2D eigenvalue weighted by molar-refractivity contribution is 5.35. The van der Waals surface area contributed by atoms with Crippen molar-refractivity contribution in [3.63, 3.8) is 0 Å². The van der Waals surface area contributed by atoms with Gasteiger partial charge in [-0.15, -0.1) is 0 Å². The molecule has 1 aromatic carbocycles. The molecule has 0 saturated heterocycles. The lowest BCUT2D eigenvalue weighted by molar-refractivity contribution is -0.138. The number of nitrogens with zero attached hydrogens (tertiary/aromatic N) is 2. The summed E-state index contributed by atoms with van der Waals surface area (Å²) in [6, 6.07) is 1.000. The van der Waals surface area contributed by atoms with Crippen LogP contribution in [0.15, 0.2) is 29.1 Å². The smallest absolute Gasteiger partial charge is 0.343 e. The number of hydrogen-bond acceptors (Lipinski definition) is 4. The first-order valence-electron chi connectivity index (χ1n) is 4.78. The van der Waals surface area contributed by atoms with Crippen molar-refractivity contribution in [2.24, 2.45) is 5.73 Å². The number of hydrogen-bond donors (Lipinski definition) is 1. The van der Waals surface area contributed by atoms with E-state index in [1.165, 1.54) is 0 Å². The van der Waals surface area contributed by atoms with Crippen LogP contribution < -0.4 is 5.73 Å². The van der Waals surface area contributed by atoms with Crippen LogP contribution in [0.5, 0.6) is 0 Å². The van der Waals surface area contributed by atoms with Crippen LogP contribution in [0.3, 0.4) is 0 Å². The van der Waals surface area contributed by atoms with Gasteiger partial charge in [0.2, 0.25) is 6.39 Å². The predicted octanol–water partition coefficient (Wildman–Crippen LogP) is 2.28. The van der Waals surface area contributed by atoms with Crippen LogP contribution in [0.1, 0.15) is 23.0 Å². The molecule has 1 aromatic heterocycles. The van der Waals surface area contributed by atoms with Gasteiger partial charge in [0.1, 0.15) is 5.82 Å². The van der Waals surface area contributed by atoms with Crippen molar-refractivity contribution in [2.45, 2.75) is 12.2 Å². The lowest BCUT2D eigenvalue weighted by atomic mass is 10.00. The first-order valence-corrected chi connectivity index (χ1v) is 4.78. The molecule has 8 heteroatoms. The quantitative estimate of drug-likeness (QED) is 0.842. The number of benzene rings is 1. The zero-order valence-electron chi connectivity index (χ0n) is 8.78. The average Bonchev–Trinajstić information content (AvgIpc) is 2.80. The van der Waals surface area contributed by atoms with Gasteiger partial charge in [-0.1, -0.05) is 11.2 Å². The van der Waals surface area contributed by atoms with Crippen LogP contribution in [0.4, 0.5) is 17.6 Å². The third-order valence-electron chi connectivity index (χ3n) is 2.31. The molecule has 0 bridgehead atoms. The van der Waals surface area contributed by atoms with Crippen molar-refractivity contribution in [3.8, 4) is 0 Å². The van der Waals surface area contributed by atoms with Crippen molar-refractivity contribution in [2.75, 3.05) is 0 Å². The Hall–Kier alpha value is -1.96. The molecule has 0 radical (unpaired) electrons. The van der Waals surface area contributed by atoms with Crippen LogP contribution >= 0.6 is 0 Å². The van der Waals surface area contributed by atoms with Gasteiger partial charge in [-0.05, 0) is 17.7 Å². The predicted molar refractivity (Wildman–Crippen MR) is 51.7 cm³/mol. The van der Waals surface area contributed by atoms with E-state index in [4.69, 9.17) is 5.73 Å². The van der Waals surface area contributed by atoms with Crippen LogP contribution in [-0.4, -0.2) is 10.1 Å². The minimum Gasteiger partial charge on any atom is -0.343 e. The van der Waals surface area contributed by atoms with Gasteiger partial charge >= 0.3 is 6.18 Å². The summed E-state index contributed by atoms with van der Waals surface area (Å²) in [6.07, 6.45) is -3.76. The Labute approximate surface area is 98.4 Å². The fourth-order valence-corrected chi connectivity index (χ4v) is 1.50. The summed E-state index contributed by atoms with van der Waals surface area (Å²) in [7, 11) is 0. The molecule has 0 aliphatic rings. The minimum atomic E-state index is -4.71. The molecule has 96 valence electrons. The molecular weight excluding hydrogens is 254 g/mol. The summed E-state index contributed by atoms with van der Waals surface area (Å²) in [6.45, 7) is 0. The second kappa shape index (κ2) is 4.37. The van der Waals surface area contributed by atoms with Gasteiger partial charge in [-0.25, -0.2) is 4.39 Å². The normalized spacial score (nSPS) is 13.6. The molecule has 0 spiro atoms. The second-order valence-electron chi connectivity index (χ2n) is 3.50. The highest BCUT2D eigenvalue weighted by Gasteiger charge is 2.36. The maximum Gasteiger partial charge on any atom is 0.416 e. The zero-order chi connectivity index (χ0) is 13.3. The Bertz CT molecular complexity index is 539. The molecule has 2 rings (SSSR count). The minimum absolute atomic E-state index is 0.105. The lowest BCUT2D eigenvalue weighted by Crippen LogP contribution is -2.19. The van der Waals surface area contributed by atoms with Crippen molar-refractivity contribution >= 4 is 0 Å². The molecule has 4 nitrogen and oxygen atoms in total. The van der Waals surface area contributed by atoms with E-state index in [2.05, 4.69) is 14.7 Å². The van der Waals surface area contributed by atoms with Crippen LogP contribution in [0, 0.1) is 5.82 Å². The van der Waals surface area contributed by atoms with Gasteiger partial charge in [0.25, 0.3) is 0 Å². The van der Waals surface area contributed by atoms with E-state index in [0.717, 1.165) is 18.5 Å².